The van der Waals surface area contributed by atoms with Crippen molar-refractivity contribution in [1.29, 1.82) is 0 Å². The molecule has 0 saturated heterocycles. The van der Waals surface area contributed by atoms with E-state index in [1.807, 2.05) is 39.0 Å². The van der Waals surface area contributed by atoms with E-state index in [1.54, 1.807) is 6.07 Å². The maximum absolute atomic E-state index is 12.3. The maximum atomic E-state index is 12.3. The van der Waals surface area contributed by atoms with Gasteiger partial charge in [-0.15, -0.1) is 0 Å². The lowest BCUT2D eigenvalue weighted by Gasteiger charge is -2.21. The zero-order valence-corrected chi connectivity index (χ0v) is 13.2. The van der Waals surface area contributed by atoms with Crippen molar-refractivity contribution in [1.82, 2.24) is 5.32 Å². The van der Waals surface area contributed by atoms with Crippen molar-refractivity contribution in [2.24, 2.45) is 5.92 Å². The van der Waals surface area contributed by atoms with Crippen molar-refractivity contribution in [2.75, 3.05) is 6.54 Å². The number of rotatable bonds is 7. The fraction of sp³-hybridized carbons (Fsp3) is 0.562. The van der Waals surface area contributed by atoms with Crippen molar-refractivity contribution in [3.05, 3.63) is 34.9 Å². The molecule has 112 valence electrons. The van der Waals surface area contributed by atoms with Crippen LogP contribution >= 0.6 is 11.6 Å². The Morgan fingerprint density at radius 2 is 2.10 bits per heavy atom. The first-order chi connectivity index (χ1) is 9.45. The molecule has 2 unspecified atom stereocenters. The third-order valence-corrected chi connectivity index (χ3v) is 3.64. The predicted molar refractivity (Wildman–Crippen MR) is 83.0 cm³/mol. The zero-order valence-electron chi connectivity index (χ0n) is 12.4. The second-order valence-corrected chi connectivity index (χ2v) is 5.85. The summed E-state index contributed by atoms with van der Waals surface area (Å²) in [6.07, 6.45) is 0.944. The number of hydrogen-bond acceptors (Lipinski definition) is 2. The third-order valence-electron chi connectivity index (χ3n) is 3.40. The Kier molecular flexibility index (Phi) is 7.03. The molecule has 0 radical (unpaired) electrons. The van der Waals surface area contributed by atoms with E-state index in [2.05, 4.69) is 5.32 Å². The Bertz CT molecular complexity index is 434. The zero-order chi connectivity index (χ0) is 15.1. The molecule has 0 bridgehead atoms. The van der Waals surface area contributed by atoms with Gasteiger partial charge in [0.05, 0.1) is 12.0 Å². The van der Waals surface area contributed by atoms with Crippen LogP contribution < -0.4 is 5.32 Å². The Hall–Kier alpha value is -1.06. The number of halogens is 1. The molecule has 0 saturated carbocycles. The van der Waals surface area contributed by atoms with E-state index in [1.165, 1.54) is 0 Å². The van der Waals surface area contributed by atoms with Crippen LogP contribution in [-0.2, 0) is 4.79 Å². The highest BCUT2D eigenvalue weighted by Gasteiger charge is 2.24. The molecule has 0 heterocycles. The summed E-state index contributed by atoms with van der Waals surface area (Å²) in [5.74, 6) is -0.0393. The normalized spacial score (nSPS) is 14.1. The fourth-order valence-corrected chi connectivity index (χ4v) is 2.41. The number of carbonyl (C=O) groups excluding carboxylic acids is 1. The van der Waals surface area contributed by atoms with E-state index in [0.717, 1.165) is 5.56 Å². The number of benzene rings is 1. The van der Waals surface area contributed by atoms with Gasteiger partial charge in [0.15, 0.2) is 0 Å². The molecule has 1 aromatic rings. The molecule has 1 amide bonds. The minimum atomic E-state index is -0.348. The average Bonchev–Trinajstić information content (AvgIpc) is 2.38. The van der Waals surface area contributed by atoms with E-state index in [-0.39, 0.29) is 23.8 Å². The number of aliphatic hydroxyl groups excluding tert-OH is 1. The molecule has 2 N–H and O–H groups in total. The van der Waals surface area contributed by atoms with Gasteiger partial charge >= 0.3 is 0 Å². The van der Waals surface area contributed by atoms with Crippen LogP contribution in [0.5, 0.6) is 0 Å². The van der Waals surface area contributed by atoms with Crippen LogP contribution in [-0.4, -0.2) is 23.7 Å². The summed E-state index contributed by atoms with van der Waals surface area (Å²) in [4.78, 5) is 12.3. The average molecular weight is 298 g/mol. The van der Waals surface area contributed by atoms with Crippen molar-refractivity contribution < 1.29 is 9.90 Å². The molecule has 1 aromatic carbocycles. The van der Waals surface area contributed by atoms with Gasteiger partial charge in [-0.25, -0.2) is 0 Å². The fourth-order valence-electron chi connectivity index (χ4n) is 2.22. The lowest BCUT2D eigenvalue weighted by atomic mass is 9.87. The highest BCUT2D eigenvalue weighted by Crippen LogP contribution is 2.26. The number of nitrogens with one attached hydrogen (secondary N) is 1. The molecule has 0 aliphatic heterocycles. The molecule has 3 nitrogen and oxygen atoms in total. The number of hydrogen-bond donors (Lipinski definition) is 2. The minimum absolute atomic E-state index is 0.00873. The van der Waals surface area contributed by atoms with Crippen LogP contribution in [0.25, 0.3) is 0 Å². The molecule has 0 fully saturated rings. The number of amides is 1. The van der Waals surface area contributed by atoms with Crippen molar-refractivity contribution >= 4 is 17.5 Å². The summed E-state index contributed by atoms with van der Waals surface area (Å²) in [5.41, 5.74) is 0.932. The predicted octanol–water partition coefficient (Wildman–Crippen LogP) is 3.36. The molecule has 0 aliphatic carbocycles. The lowest BCUT2D eigenvalue weighted by Crippen LogP contribution is -2.33. The molecule has 1 rings (SSSR count). The van der Waals surface area contributed by atoms with Crippen LogP contribution in [0.3, 0.4) is 0 Å². The Morgan fingerprint density at radius 3 is 2.65 bits per heavy atom. The van der Waals surface area contributed by atoms with Crippen LogP contribution in [0.1, 0.15) is 45.1 Å². The Labute approximate surface area is 126 Å². The van der Waals surface area contributed by atoms with Gasteiger partial charge in [0.2, 0.25) is 5.91 Å². The van der Waals surface area contributed by atoms with Gasteiger partial charge in [-0.1, -0.05) is 44.5 Å². The van der Waals surface area contributed by atoms with Crippen LogP contribution in [0.15, 0.2) is 24.3 Å². The van der Waals surface area contributed by atoms with E-state index < -0.39 is 0 Å². The van der Waals surface area contributed by atoms with Crippen molar-refractivity contribution in [3.63, 3.8) is 0 Å². The minimum Gasteiger partial charge on any atom is -0.393 e. The van der Waals surface area contributed by atoms with Gasteiger partial charge in [0.1, 0.15) is 0 Å². The van der Waals surface area contributed by atoms with Crippen LogP contribution in [0, 0.1) is 5.92 Å². The quantitative estimate of drug-likeness (QED) is 0.811. The standard InChI is InChI=1S/C16H24ClNO2/c1-4-14(19)8-9-18-16(20)15(11(2)3)12-6-5-7-13(17)10-12/h5-7,10-11,14-15,19H,4,8-9H2,1-3H3,(H,18,20). The van der Waals surface area contributed by atoms with Crippen molar-refractivity contribution in [2.45, 2.75) is 45.6 Å². The summed E-state index contributed by atoms with van der Waals surface area (Å²) in [6, 6.07) is 7.43. The summed E-state index contributed by atoms with van der Waals surface area (Å²) in [7, 11) is 0. The highest BCUT2D eigenvalue weighted by molar-refractivity contribution is 6.30. The molecule has 0 aliphatic rings. The van der Waals surface area contributed by atoms with Gasteiger partial charge in [-0.3, -0.25) is 4.79 Å². The monoisotopic (exact) mass is 297 g/mol. The largest absolute Gasteiger partial charge is 0.393 e. The van der Waals surface area contributed by atoms with Gasteiger partial charge in [0.25, 0.3) is 0 Å². The van der Waals surface area contributed by atoms with Gasteiger partial charge in [0, 0.05) is 11.6 Å². The van der Waals surface area contributed by atoms with E-state index in [0.29, 0.717) is 24.4 Å². The molecular formula is C16H24ClNO2. The summed E-state index contributed by atoms with van der Waals surface area (Å²) < 4.78 is 0. The van der Waals surface area contributed by atoms with Crippen molar-refractivity contribution in [3.8, 4) is 0 Å². The van der Waals surface area contributed by atoms with Gasteiger partial charge < -0.3 is 10.4 Å². The lowest BCUT2D eigenvalue weighted by molar-refractivity contribution is -0.123. The van der Waals surface area contributed by atoms with Crippen LogP contribution in [0.4, 0.5) is 0 Å². The molecule has 2 atom stereocenters. The Balaban J connectivity index is 2.69. The first kappa shape index (κ1) is 17.0. The van der Waals surface area contributed by atoms with Gasteiger partial charge in [-0.05, 0) is 36.5 Å². The second kappa shape index (κ2) is 8.28. The summed E-state index contributed by atoms with van der Waals surface area (Å²) in [5, 5.41) is 13.0. The highest BCUT2D eigenvalue weighted by atomic mass is 35.5. The SMILES string of the molecule is CCC(O)CCNC(=O)C(c1cccc(Cl)c1)C(C)C. The van der Waals surface area contributed by atoms with Gasteiger partial charge in [-0.2, -0.15) is 0 Å². The molecule has 4 heteroatoms. The summed E-state index contributed by atoms with van der Waals surface area (Å²) >= 11 is 6.00. The summed E-state index contributed by atoms with van der Waals surface area (Å²) in [6.45, 7) is 6.46. The third kappa shape index (κ3) is 5.14. The first-order valence-electron chi connectivity index (χ1n) is 7.17. The first-order valence-corrected chi connectivity index (χ1v) is 7.54. The topological polar surface area (TPSA) is 49.3 Å². The van der Waals surface area contributed by atoms with E-state index >= 15 is 0 Å². The Morgan fingerprint density at radius 1 is 1.40 bits per heavy atom. The second-order valence-electron chi connectivity index (χ2n) is 5.42. The van der Waals surface area contributed by atoms with Crippen LogP contribution in [0.2, 0.25) is 5.02 Å². The maximum Gasteiger partial charge on any atom is 0.227 e. The molecular weight excluding hydrogens is 274 g/mol. The van der Waals surface area contributed by atoms with E-state index in [9.17, 15) is 9.90 Å². The van der Waals surface area contributed by atoms with E-state index in [4.69, 9.17) is 11.6 Å². The molecule has 20 heavy (non-hydrogen) atoms. The smallest absolute Gasteiger partial charge is 0.227 e. The molecule has 0 spiro atoms. The molecule has 0 aromatic heterocycles. The number of carbonyl (C=O) groups is 1. The number of aliphatic hydroxyl groups is 1.